The predicted octanol–water partition coefficient (Wildman–Crippen LogP) is 5.35. The lowest BCUT2D eigenvalue weighted by Gasteiger charge is -2.13. The first kappa shape index (κ1) is 23.5. The molecule has 0 radical (unpaired) electrons. The van der Waals surface area contributed by atoms with Crippen LogP contribution in [0.4, 0.5) is 0 Å². The van der Waals surface area contributed by atoms with E-state index in [1.807, 2.05) is 25.1 Å². The van der Waals surface area contributed by atoms with Crippen molar-refractivity contribution in [1.29, 1.82) is 0 Å². The van der Waals surface area contributed by atoms with E-state index >= 15 is 0 Å². The molecule has 0 unspecified atom stereocenters. The number of carbonyl (C=O) groups excluding carboxylic acids is 2. The lowest BCUT2D eigenvalue weighted by molar-refractivity contribution is -0.146. The van der Waals surface area contributed by atoms with E-state index in [1.54, 1.807) is 25.1 Å². The number of carbonyl (C=O) groups is 2. The van der Waals surface area contributed by atoms with Crippen molar-refractivity contribution in [2.45, 2.75) is 33.1 Å². The van der Waals surface area contributed by atoms with Gasteiger partial charge in [0.1, 0.15) is 17.3 Å². The Balaban J connectivity index is 1.73. The summed E-state index contributed by atoms with van der Waals surface area (Å²) >= 11 is 6.23. The molecule has 1 heterocycles. The summed E-state index contributed by atoms with van der Waals surface area (Å²) in [5.41, 5.74) is 1.74. The van der Waals surface area contributed by atoms with E-state index in [9.17, 15) is 14.4 Å². The maximum Gasteiger partial charge on any atom is 0.308 e. The van der Waals surface area contributed by atoms with E-state index in [0.29, 0.717) is 52.5 Å². The molecule has 2 aromatic carbocycles. The first-order chi connectivity index (χ1) is 15.3. The van der Waals surface area contributed by atoms with Crippen molar-refractivity contribution in [1.82, 2.24) is 0 Å². The number of fused-ring (bicyclic) bond motifs is 1. The molecule has 0 N–H and O–H groups in total. The molecule has 6 nitrogen and oxygen atoms in total. The number of esters is 1. The largest absolute Gasteiger partial charge is 0.493 e. The Labute approximate surface area is 191 Å². The van der Waals surface area contributed by atoms with Gasteiger partial charge < -0.3 is 13.9 Å². The summed E-state index contributed by atoms with van der Waals surface area (Å²) in [4.78, 5) is 36.1. The molecule has 1 aromatic heterocycles. The molecule has 0 aliphatic heterocycles. The first-order valence-electron chi connectivity index (χ1n) is 10.4. The fourth-order valence-electron chi connectivity index (χ4n) is 3.41. The molecule has 0 spiro atoms. The molecule has 0 aliphatic carbocycles. The minimum absolute atomic E-state index is 0.0221. The Morgan fingerprint density at radius 1 is 1.16 bits per heavy atom. The number of ether oxygens (including phenoxy) is 2. The van der Waals surface area contributed by atoms with Gasteiger partial charge in [0.25, 0.3) is 0 Å². The van der Waals surface area contributed by atoms with Gasteiger partial charge in [0, 0.05) is 18.9 Å². The van der Waals surface area contributed by atoms with Crippen molar-refractivity contribution in [3.63, 3.8) is 0 Å². The van der Waals surface area contributed by atoms with E-state index in [1.165, 1.54) is 13.2 Å². The molecular weight excluding hydrogens is 432 g/mol. The molecule has 7 heteroatoms. The molecule has 0 amide bonds. The number of rotatable bonds is 9. The van der Waals surface area contributed by atoms with Crippen LogP contribution in [0.1, 0.15) is 31.7 Å². The Morgan fingerprint density at radius 3 is 2.69 bits per heavy atom. The summed E-state index contributed by atoms with van der Waals surface area (Å²) in [6, 6.07) is 12.0. The zero-order valence-electron chi connectivity index (χ0n) is 18.3. The molecule has 0 saturated heterocycles. The molecule has 1 atom stereocenters. The summed E-state index contributed by atoms with van der Waals surface area (Å²) in [5.74, 6) is 0.0325. The van der Waals surface area contributed by atoms with E-state index in [0.717, 1.165) is 5.56 Å². The van der Waals surface area contributed by atoms with Gasteiger partial charge in [0.15, 0.2) is 11.0 Å². The fraction of sp³-hybridized carbons (Fsp3) is 0.320. The zero-order valence-corrected chi connectivity index (χ0v) is 19.0. The molecular formula is C25H25ClO6. The van der Waals surface area contributed by atoms with Gasteiger partial charge in [-0.1, -0.05) is 30.7 Å². The number of benzene rings is 2. The van der Waals surface area contributed by atoms with Crippen molar-refractivity contribution in [3.05, 3.63) is 63.3 Å². The van der Waals surface area contributed by atoms with Crippen molar-refractivity contribution in [3.8, 4) is 17.1 Å². The maximum absolute atomic E-state index is 12.6. The van der Waals surface area contributed by atoms with Crippen LogP contribution in [0, 0.1) is 12.8 Å². The van der Waals surface area contributed by atoms with Gasteiger partial charge in [-0.15, -0.1) is 0 Å². The van der Waals surface area contributed by atoms with Crippen LogP contribution in [0.25, 0.3) is 22.3 Å². The molecule has 32 heavy (non-hydrogen) atoms. The second-order valence-corrected chi connectivity index (χ2v) is 8.12. The van der Waals surface area contributed by atoms with Crippen LogP contribution in [-0.2, 0) is 14.3 Å². The number of hydrogen-bond donors (Lipinski definition) is 0. The van der Waals surface area contributed by atoms with Crippen LogP contribution in [0.2, 0.25) is 5.02 Å². The molecule has 3 aromatic rings. The minimum Gasteiger partial charge on any atom is -0.493 e. The van der Waals surface area contributed by atoms with Gasteiger partial charge in [-0.25, -0.2) is 0 Å². The smallest absolute Gasteiger partial charge is 0.308 e. The topological polar surface area (TPSA) is 82.8 Å². The average Bonchev–Trinajstić information content (AvgIpc) is 2.76. The van der Waals surface area contributed by atoms with E-state index in [-0.39, 0.29) is 17.6 Å². The SMILES string of the molecule is COC(=O)[C@H](C)CC(=O)CCCOc1cc(C)ccc1-c1cc(=O)c2cccc(Cl)c2o1. The van der Waals surface area contributed by atoms with Gasteiger partial charge in [0.2, 0.25) is 0 Å². The highest BCUT2D eigenvalue weighted by Gasteiger charge is 2.17. The highest BCUT2D eigenvalue weighted by molar-refractivity contribution is 6.34. The van der Waals surface area contributed by atoms with Crippen LogP contribution >= 0.6 is 11.6 Å². The average molecular weight is 457 g/mol. The van der Waals surface area contributed by atoms with Crippen molar-refractivity contribution >= 4 is 34.3 Å². The normalized spacial score (nSPS) is 11.9. The van der Waals surface area contributed by atoms with Crippen LogP contribution in [0.15, 0.2) is 51.7 Å². The van der Waals surface area contributed by atoms with E-state index in [4.69, 9.17) is 20.8 Å². The molecule has 0 bridgehead atoms. The third kappa shape index (κ3) is 5.56. The van der Waals surface area contributed by atoms with Gasteiger partial charge in [0.05, 0.1) is 35.6 Å². The van der Waals surface area contributed by atoms with Crippen LogP contribution in [0.5, 0.6) is 5.75 Å². The molecule has 3 rings (SSSR count). The lowest BCUT2D eigenvalue weighted by atomic mass is 10.0. The number of aryl methyl sites for hydroxylation is 1. The number of para-hydroxylation sites is 1. The van der Waals surface area contributed by atoms with Gasteiger partial charge >= 0.3 is 5.97 Å². The second-order valence-electron chi connectivity index (χ2n) is 7.71. The molecule has 168 valence electrons. The van der Waals surface area contributed by atoms with Gasteiger partial charge in [-0.2, -0.15) is 0 Å². The van der Waals surface area contributed by atoms with E-state index in [2.05, 4.69) is 4.74 Å². The summed E-state index contributed by atoms with van der Waals surface area (Å²) in [6.45, 7) is 3.90. The predicted molar refractivity (Wildman–Crippen MR) is 123 cm³/mol. The third-order valence-electron chi connectivity index (χ3n) is 5.10. The van der Waals surface area contributed by atoms with Crippen LogP contribution in [0.3, 0.4) is 0 Å². The Hall–Kier alpha value is -3.12. The highest BCUT2D eigenvalue weighted by Crippen LogP contribution is 2.33. The van der Waals surface area contributed by atoms with Gasteiger partial charge in [-0.3, -0.25) is 14.4 Å². The van der Waals surface area contributed by atoms with Crippen LogP contribution < -0.4 is 10.2 Å². The van der Waals surface area contributed by atoms with Gasteiger partial charge in [-0.05, 0) is 43.2 Å². The number of ketones is 1. The zero-order chi connectivity index (χ0) is 23.3. The number of Topliss-reactive ketones (excluding diaryl/α,β-unsaturated/α-hetero) is 1. The number of halogens is 1. The van der Waals surface area contributed by atoms with Crippen molar-refractivity contribution in [2.75, 3.05) is 13.7 Å². The van der Waals surface area contributed by atoms with Crippen LogP contribution in [-0.4, -0.2) is 25.5 Å². The summed E-state index contributed by atoms with van der Waals surface area (Å²) < 4.78 is 16.5. The van der Waals surface area contributed by atoms with Crippen molar-refractivity contribution < 1.29 is 23.5 Å². The maximum atomic E-state index is 12.6. The molecule has 0 fully saturated rings. The fourth-order valence-corrected chi connectivity index (χ4v) is 3.62. The number of hydrogen-bond acceptors (Lipinski definition) is 6. The summed E-state index contributed by atoms with van der Waals surface area (Å²) in [7, 11) is 1.31. The highest BCUT2D eigenvalue weighted by atomic mass is 35.5. The second kappa shape index (κ2) is 10.5. The third-order valence-corrected chi connectivity index (χ3v) is 5.40. The molecule has 0 aliphatic rings. The monoisotopic (exact) mass is 456 g/mol. The number of methoxy groups -OCH3 is 1. The Morgan fingerprint density at radius 2 is 1.94 bits per heavy atom. The lowest BCUT2D eigenvalue weighted by Crippen LogP contribution is -2.17. The van der Waals surface area contributed by atoms with Crippen molar-refractivity contribution in [2.24, 2.45) is 5.92 Å². The molecule has 0 saturated carbocycles. The Bertz CT molecular complexity index is 1200. The Kier molecular flexibility index (Phi) is 7.70. The standard InChI is InChI=1S/C25H25ClO6/c1-15-9-10-19(23-14-21(28)18-7-4-8-20(26)24(18)32-23)22(12-15)31-11-5-6-17(27)13-16(2)25(29)30-3/h4,7-10,12,14,16H,5-6,11,13H2,1-3H3/t16-/m1/s1. The summed E-state index contributed by atoms with van der Waals surface area (Å²) in [5, 5.41) is 0.770. The summed E-state index contributed by atoms with van der Waals surface area (Å²) in [6.07, 6.45) is 0.933. The minimum atomic E-state index is -0.459. The first-order valence-corrected chi connectivity index (χ1v) is 10.7. The quantitative estimate of drug-likeness (QED) is 0.319. The van der Waals surface area contributed by atoms with E-state index < -0.39 is 11.9 Å².